The molecule has 6 heteroatoms. The first-order valence-electron chi connectivity index (χ1n) is 6.35. The third kappa shape index (κ3) is 4.15. The fourth-order valence-corrected chi connectivity index (χ4v) is 1.73. The Hall–Kier alpha value is -3.20. The van der Waals surface area contributed by atoms with E-state index in [0.29, 0.717) is 22.9 Å². The molecule has 0 saturated heterocycles. The summed E-state index contributed by atoms with van der Waals surface area (Å²) in [5.74, 6) is 1.19. The number of aryl methyl sites for hydroxylation is 1. The molecular weight excluding hydrogens is 284 g/mol. The maximum Gasteiger partial charge on any atom is 0.240 e. The van der Waals surface area contributed by atoms with Crippen molar-refractivity contribution in [1.82, 2.24) is 0 Å². The maximum atomic E-state index is 10.2. The lowest BCUT2D eigenvalue weighted by Gasteiger charge is -2.09. The largest absolute Gasteiger partial charge is 0.458 e. The Morgan fingerprint density at radius 2 is 1.55 bits per heavy atom. The first kappa shape index (κ1) is 15.2. The fourth-order valence-electron chi connectivity index (χ4n) is 1.73. The van der Waals surface area contributed by atoms with Gasteiger partial charge in [0.1, 0.15) is 11.5 Å². The average molecular weight is 296 g/mol. The molecule has 0 aliphatic rings. The number of rotatable bonds is 6. The highest BCUT2D eigenvalue weighted by molar-refractivity contribution is 5.55. The van der Waals surface area contributed by atoms with E-state index in [9.17, 15) is 9.59 Å². The Balaban J connectivity index is 1.92. The fraction of sp³-hybridized carbons (Fsp3) is 0.125. The molecule has 22 heavy (non-hydrogen) atoms. The summed E-state index contributed by atoms with van der Waals surface area (Å²) in [5.41, 5.74) is 1.86. The van der Waals surface area contributed by atoms with Crippen molar-refractivity contribution in [3.8, 4) is 11.5 Å². The van der Waals surface area contributed by atoms with Crippen LogP contribution in [0.3, 0.4) is 0 Å². The smallest absolute Gasteiger partial charge is 0.240 e. The molecule has 2 aromatic rings. The van der Waals surface area contributed by atoms with Crippen LogP contribution < -0.4 is 9.47 Å². The molecule has 2 aromatic carbocycles. The molecule has 0 fully saturated rings. The first-order valence-corrected chi connectivity index (χ1v) is 6.35. The zero-order valence-electron chi connectivity index (χ0n) is 11.8. The normalized spacial score (nSPS) is 9.32. The summed E-state index contributed by atoms with van der Waals surface area (Å²) in [5, 5.41) is 0. The van der Waals surface area contributed by atoms with Crippen molar-refractivity contribution in [2.45, 2.75) is 6.92 Å². The Morgan fingerprint density at radius 1 is 0.909 bits per heavy atom. The van der Waals surface area contributed by atoms with Gasteiger partial charge >= 0.3 is 0 Å². The number of ether oxygens (including phenoxy) is 2. The predicted molar refractivity (Wildman–Crippen MR) is 79.3 cm³/mol. The summed E-state index contributed by atoms with van der Waals surface area (Å²) < 4.78 is 10.9. The van der Waals surface area contributed by atoms with Crippen LogP contribution in [0.1, 0.15) is 5.56 Å². The molecule has 0 radical (unpaired) electrons. The number of hydrogen-bond donors (Lipinski definition) is 0. The monoisotopic (exact) mass is 296 g/mol. The average Bonchev–Trinajstić information content (AvgIpc) is 2.52. The second-order valence-corrected chi connectivity index (χ2v) is 4.25. The molecule has 6 nitrogen and oxygen atoms in total. The minimum Gasteiger partial charge on any atom is -0.458 e. The van der Waals surface area contributed by atoms with E-state index in [1.165, 1.54) is 12.2 Å². The van der Waals surface area contributed by atoms with Gasteiger partial charge in [0.05, 0.1) is 11.4 Å². The van der Waals surface area contributed by atoms with Crippen molar-refractivity contribution < 1.29 is 19.1 Å². The molecule has 0 bridgehead atoms. The quantitative estimate of drug-likeness (QED) is 0.465. The third-order valence-corrected chi connectivity index (χ3v) is 2.80. The Bertz CT molecular complexity index is 743. The Morgan fingerprint density at radius 3 is 2.18 bits per heavy atom. The van der Waals surface area contributed by atoms with E-state index >= 15 is 0 Å². The van der Waals surface area contributed by atoms with Gasteiger partial charge in [0.2, 0.25) is 19.0 Å². The highest BCUT2D eigenvalue weighted by atomic mass is 16.7. The van der Waals surface area contributed by atoms with Gasteiger partial charge in [-0.1, -0.05) is 0 Å². The van der Waals surface area contributed by atoms with Gasteiger partial charge in [-0.05, 0) is 55.0 Å². The SMILES string of the molecule is Cc1cc(OCOc2ccc(N=C=O)cc2)ccc1N=C=O. The molecule has 0 atom stereocenters. The van der Waals surface area contributed by atoms with E-state index in [-0.39, 0.29) is 6.79 Å². The molecule has 0 N–H and O–H groups in total. The lowest BCUT2D eigenvalue weighted by molar-refractivity contribution is 0.120. The Kier molecular flexibility index (Phi) is 5.21. The van der Waals surface area contributed by atoms with Gasteiger partial charge < -0.3 is 9.47 Å². The lowest BCUT2D eigenvalue weighted by Crippen LogP contribution is -2.05. The highest BCUT2D eigenvalue weighted by Crippen LogP contribution is 2.23. The summed E-state index contributed by atoms with van der Waals surface area (Å²) in [4.78, 5) is 27.4. The number of hydrogen-bond acceptors (Lipinski definition) is 6. The summed E-state index contributed by atoms with van der Waals surface area (Å²) >= 11 is 0. The van der Waals surface area contributed by atoms with Gasteiger partial charge in [0, 0.05) is 0 Å². The second kappa shape index (κ2) is 7.55. The van der Waals surface area contributed by atoms with E-state index in [0.717, 1.165) is 5.56 Å². The third-order valence-electron chi connectivity index (χ3n) is 2.80. The number of isocyanates is 2. The molecular formula is C16H12N2O4. The maximum absolute atomic E-state index is 10.2. The van der Waals surface area contributed by atoms with Crippen molar-refractivity contribution in [2.75, 3.05) is 6.79 Å². The van der Waals surface area contributed by atoms with Crippen LogP contribution >= 0.6 is 0 Å². The number of benzene rings is 2. The van der Waals surface area contributed by atoms with Crippen molar-refractivity contribution >= 4 is 23.5 Å². The first-order chi connectivity index (χ1) is 10.7. The van der Waals surface area contributed by atoms with Crippen LogP contribution in [0.2, 0.25) is 0 Å². The van der Waals surface area contributed by atoms with Gasteiger partial charge in [-0.2, -0.15) is 9.98 Å². The number of aliphatic imine (C=N–C) groups is 2. The standard InChI is InChI=1S/C16H12N2O4/c1-12-8-15(6-7-16(12)18-10-20)22-11-21-14-4-2-13(3-5-14)17-9-19/h2-8H,11H2,1H3. The van der Waals surface area contributed by atoms with E-state index in [2.05, 4.69) is 9.98 Å². The lowest BCUT2D eigenvalue weighted by atomic mass is 10.2. The number of carbonyl (C=O) groups excluding carboxylic acids is 2. The van der Waals surface area contributed by atoms with Crippen LogP contribution in [-0.4, -0.2) is 19.0 Å². The molecule has 0 aromatic heterocycles. The summed E-state index contributed by atoms with van der Waals surface area (Å²) in [6, 6.07) is 11.7. The minimum atomic E-state index is 0.0199. The molecule has 0 unspecified atom stereocenters. The molecule has 0 saturated carbocycles. The molecule has 0 aliphatic carbocycles. The van der Waals surface area contributed by atoms with E-state index < -0.39 is 0 Å². The number of nitrogens with zero attached hydrogens (tertiary/aromatic N) is 2. The van der Waals surface area contributed by atoms with E-state index in [1.54, 1.807) is 42.5 Å². The van der Waals surface area contributed by atoms with Crippen molar-refractivity contribution in [2.24, 2.45) is 9.98 Å². The van der Waals surface area contributed by atoms with Crippen LogP contribution in [-0.2, 0) is 9.59 Å². The van der Waals surface area contributed by atoms with Gasteiger partial charge in [0.15, 0.2) is 0 Å². The molecule has 0 aliphatic heterocycles. The van der Waals surface area contributed by atoms with Crippen LogP contribution in [0.4, 0.5) is 11.4 Å². The Labute approximate surface area is 126 Å². The zero-order chi connectivity index (χ0) is 15.8. The van der Waals surface area contributed by atoms with Gasteiger partial charge in [0.25, 0.3) is 0 Å². The summed E-state index contributed by atoms with van der Waals surface area (Å²) in [7, 11) is 0. The van der Waals surface area contributed by atoms with Crippen LogP contribution in [0.25, 0.3) is 0 Å². The topological polar surface area (TPSA) is 77.3 Å². The van der Waals surface area contributed by atoms with Crippen LogP contribution in [0, 0.1) is 6.92 Å². The van der Waals surface area contributed by atoms with Gasteiger partial charge in [-0.25, -0.2) is 9.59 Å². The zero-order valence-corrected chi connectivity index (χ0v) is 11.8. The van der Waals surface area contributed by atoms with E-state index in [4.69, 9.17) is 9.47 Å². The van der Waals surface area contributed by atoms with Crippen molar-refractivity contribution in [3.63, 3.8) is 0 Å². The summed E-state index contributed by atoms with van der Waals surface area (Å²) in [6.45, 7) is 1.84. The van der Waals surface area contributed by atoms with Crippen molar-refractivity contribution in [3.05, 3.63) is 48.0 Å². The van der Waals surface area contributed by atoms with E-state index in [1.807, 2.05) is 6.92 Å². The minimum absolute atomic E-state index is 0.0199. The van der Waals surface area contributed by atoms with Gasteiger partial charge in [-0.15, -0.1) is 0 Å². The van der Waals surface area contributed by atoms with Crippen molar-refractivity contribution in [1.29, 1.82) is 0 Å². The molecule has 0 heterocycles. The molecule has 0 amide bonds. The predicted octanol–water partition coefficient (Wildman–Crippen LogP) is 3.34. The molecule has 2 rings (SSSR count). The van der Waals surface area contributed by atoms with Crippen LogP contribution in [0.15, 0.2) is 52.4 Å². The molecule has 110 valence electrons. The summed E-state index contributed by atoms with van der Waals surface area (Å²) in [6.07, 6.45) is 2.97. The molecule has 0 spiro atoms. The van der Waals surface area contributed by atoms with Crippen LogP contribution in [0.5, 0.6) is 11.5 Å². The highest BCUT2D eigenvalue weighted by Gasteiger charge is 2.01. The second-order valence-electron chi connectivity index (χ2n) is 4.25. The van der Waals surface area contributed by atoms with Gasteiger partial charge in [-0.3, -0.25) is 0 Å².